The Kier molecular flexibility index (Phi) is 4.59. The van der Waals surface area contributed by atoms with Crippen molar-refractivity contribution in [1.82, 2.24) is 10.3 Å². The van der Waals surface area contributed by atoms with Gasteiger partial charge in [-0.1, -0.05) is 17.7 Å². The third-order valence-electron chi connectivity index (χ3n) is 4.59. The number of pyridine rings is 1. The molecule has 25 heavy (non-hydrogen) atoms. The molecule has 1 aliphatic heterocycles. The summed E-state index contributed by atoms with van der Waals surface area (Å²) < 4.78 is 24.7. The molecule has 4 rings (SSSR count). The minimum atomic E-state index is -0.652. The van der Waals surface area contributed by atoms with Gasteiger partial charge in [-0.15, -0.1) is 0 Å². The van der Waals surface area contributed by atoms with Crippen LogP contribution in [-0.4, -0.2) is 18.1 Å². The number of aromatic nitrogens is 1. The van der Waals surface area contributed by atoms with Crippen molar-refractivity contribution in [2.45, 2.75) is 25.4 Å². The molecule has 0 aliphatic carbocycles. The molecule has 1 N–H and O–H groups in total. The van der Waals surface area contributed by atoms with Crippen molar-refractivity contribution in [3.05, 3.63) is 58.8 Å². The zero-order valence-electron chi connectivity index (χ0n) is 13.6. The van der Waals surface area contributed by atoms with Gasteiger partial charge in [0.2, 0.25) is 0 Å². The van der Waals surface area contributed by atoms with Gasteiger partial charge in [-0.25, -0.2) is 0 Å². The Morgan fingerprint density at radius 2 is 2.12 bits per heavy atom. The van der Waals surface area contributed by atoms with Gasteiger partial charge in [0.25, 0.3) is 6.01 Å². The van der Waals surface area contributed by atoms with Gasteiger partial charge in [-0.3, -0.25) is 4.98 Å². The number of ether oxygens (including phenoxy) is 1. The van der Waals surface area contributed by atoms with E-state index in [1.807, 2.05) is 12.1 Å². The standard InChI is InChI=1S/C19H18ClFN2O2/c20-15-4-3-13(19-14(15)10-17(21)25-19)11-24-16-2-1-7-23-18(16)12-5-8-22-9-6-12/h1-4,7,10,12,22H,5-6,8-9,11H2. The number of nitrogens with zero attached hydrogens (tertiary/aromatic N) is 1. The SMILES string of the molecule is Fc1cc2c(Cl)ccc(COc3cccnc3C3CCNCC3)c2o1. The van der Waals surface area contributed by atoms with Gasteiger partial charge in [0, 0.05) is 29.1 Å². The molecule has 0 bridgehead atoms. The summed E-state index contributed by atoms with van der Waals surface area (Å²) in [6.07, 6.45) is 3.89. The van der Waals surface area contributed by atoms with E-state index >= 15 is 0 Å². The van der Waals surface area contributed by atoms with Crippen LogP contribution in [0.4, 0.5) is 4.39 Å². The topological polar surface area (TPSA) is 47.3 Å². The number of hydrogen-bond acceptors (Lipinski definition) is 4. The third-order valence-corrected chi connectivity index (χ3v) is 4.92. The molecular weight excluding hydrogens is 343 g/mol. The first-order chi connectivity index (χ1) is 12.2. The zero-order chi connectivity index (χ0) is 17.2. The Hall–Kier alpha value is -2.11. The summed E-state index contributed by atoms with van der Waals surface area (Å²) in [4.78, 5) is 4.54. The van der Waals surface area contributed by atoms with Gasteiger partial charge in [0.15, 0.2) is 0 Å². The predicted molar refractivity (Wildman–Crippen MR) is 94.6 cm³/mol. The summed E-state index contributed by atoms with van der Waals surface area (Å²) in [7, 11) is 0. The van der Waals surface area contributed by atoms with Gasteiger partial charge in [-0.05, 0) is 44.1 Å². The number of halogens is 2. The highest BCUT2D eigenvalue weighted by molar-refractivity contribution is 6.35. The van der Waals surface area contributed by atoms with E-state index in [0.29, 0.717) is 21.9 Å². The lowest BCUT2D eigenvalue weighted by molar-refractivity contribution is 0.293. The van der Waals surface area contributed by atoms with Crippen molar-refractivity contribution in [2.24, 2.45) is 0 Å². The monoisotopic (exact) mass is 360 g/mol. The van der Waals surface area contributed by atoms with Crippen molar-refractivity contribution in [1.29, 1.82) is 0 Å². The van der Waals surface area contributed by atoms with E-state index < -0.39 is 6.01 Å². The van der Waals surface area contributed by atoms with Crippen LogP contribution in [-0.2, 0) is 6.61 Å². The van der Waals surface area contributed by atoms with Crippen molar-refractivity contribution in [3.8, 4) is 5.75 Å². The number of hydrogen-bond donors (Lipinski definition) is 1. The number of piperidine rings is 1. The normalized spacial score (nSPS) is 15.6. The Morgan fingerprint density at radius 1 is 1.28 bits per heavy atom. The van der Waals surface area contributed by atoms with Gasteiger partial charge in [-0.2, -0.15) is 4.39 Å². The second-order valence-electron chi connectivity index (χ2n) is 6.20. The van der Waals surface area contributed by atoms with Crippen LogP contribution in [0, 0.1) is 6.01 Å². The molecule has 3 heterocycles. The van der Waals surface area contributed by atoms with Crippen LogP contribution in [0.1, 0.15) is 30.0 Å². The van der Waals surface area contributed by atoms with Crippen LogP contribution in [0.3, 0.4) is 0 Å². The molecule has 4 nitrogen and oxygen atoms in total. The molecule has 1 aromatic carbocycles. The number of nitrogens with one attached hydrogen (secondary N) is 1. The number of fused-ring (bicyclic) bond motifs is 1. The predicted octanol–water partition coefficient (Wildman–Crippen LogP) is 4.67. The molecule has 0 atom stereocenters. The summed E-state index contributed by atoms with van der Waals surface area (Å²) in [6.45, 7) is 2.25. The van der Waals surface area contributed by atoms with Crippen LogP contribution in [0.15, 0.2) is 40.9 Å². The summed E-state index contributed by atoms with van der Waals surface area (Å²) in [6, 6.07) is 7.97. The van der Waals surface area contributed by atoms with Gasteiger partial charge in [0.05, 0.1) is 10.7 Å². The Bertz CT molecular complexity index is 890. The molecule has 6 heteroatoms. The summed E-state index contributed by atoms with van der Waals surface area (Å²) in [5.74, 6) is 1.16. The highest BCUT2D eigenvalue weighted by Gasteiger charge is 2.20. The molecule has 1 saturated heterocycles. The molecule has 0 radical (unpaired) electrons. The number of furan rings is 1. The lowest BCUT2D eigenvalue weighted by atomic mass is 9.93. The van der Waals surface area contributed by atoms with Crippen LogP contribution < -0.4 is 10.1 Å². The summed E-state index contributed by atoms with van der Waals surface area (Å²) >= 11 is 6.10. The van der Waals surface area contributed by atoms with Crippen LogP contribution >= 0.6 is 11.6 Å². The van der Waals surface area contributed by atoms with E-state index in [0.717, 1.165) is 42.9 Å². The van der Waals surface area contributed by atoms with Crippen LogP contribution in [0.2, 0.25) is 5.02 Å². The van der Waals surface area contributed by atoms with E-state index in [1.165, 1.54) is 6.07 Å². The fourth-order valence-electron chi connectivity index (χ4n) is 3.31. The van der Waals surface area contributed by atoms with E-state index in [4.69, 9.17) is 20.8 Å². The molecule has 0 amide bonds. The maximum absolute atomic E-state index is 13.5. The average molecular weight is 361 g/mol. The second kappa shape index (κ2) is 7.02. The Balaban J connectivity index is 1.59. The molecule has 1 aliphatic rings. The first-order valence-corrected chi connectivity index (χ1v) is 8.75. The second-order valence-corrected chi connectivity index (χ2v) is 6.61. The van der Waals surface area contributed by atoms with E-state index in [2.05, 4.69) is 10.3 Å². The van der Waals surface area contributed by atoms with Crippen LogP contribution in [0.5, 0.6) is 5.75 Å². The number of rotatable bonds is 4. The smallest absolute Gasteiger partial charge is 0.278 e. The van der Waals surface area contributed by atoms with Crippen molar-refractivity contribution in [3.63, 3.8) is 0 Å². The molecule has 1 fully saturated rings. The van der Waals surface area contributed by atoms with E-state index in [9.17, 15) is 4.39 Å². The molecular formula is C19H18ClFN2O2. The molecule has 3 aromatic rings. The minimum absolute atomic E-state index is 0.268. The first kappa shape index (κ1) is 16.4. The fraction of sp³-hybridized carbons (Fsp3) is 0.316. The molecule has 0 unspecified atom stereocenters. The average Bonchev–Trinajstić information content (AvgIpc) is 3.05. The van der Waals surface area contributed by atoms with Crippen molar-refractivity contribution < 1.29 is 13.5 Å². The molecule has 2 aromatic heterocycles. The lowest BCUT2D eigenvalue weighted by Gasteiger charge is -2.23. The molecule has 0 saturated carbocycles. The van der Waals surface area contributed by atoms with E-state index in [1.54, 1.807) is 18.3 Å². The van der Waals surface area contributed by atoms with Gasteiger partial charge < -0.3 is 14.5 Å². The van der Waals surface area contributed by atoms with Crippen LogP contribution in [0.25, 0.3) is 11.0 Å². The Morgan fingerprint density at radius 3 is 2.96 bits per heavy atom. The van der Waals surface area contributed by atoms with Crippen molar-refractivity contribution in [2.75, 3.05) is 13.1 Å². The minimum Gasteiger partial charge on any atom is -0.487 e. The largest absolute Gasteiger partial charge is 0.487 e. The zero-order valence-corrected chi connectivity index (χ0v) is 14.4. The highest BCUT2D eigenvalue weighted by atomic mass is 35.5. The lowest BCUT2D eigenvalue weighted by Crippen LogP contribution is -2.27. The molecule has 130 valence electrons. The molecule has 0 spiro atoms. The number of benzene rings is 1. The summed E-state index contributed by atoms with van der Waals surface area (Å²) in [5, 5.41) is 4.38. The first-order valence-electron chi connectivity index (χ1n) is 8.37. The maximum Gasteiger partial charge on any atom is 0.278 e. The van der Waals surface area contributed by atoms with Gasteiger partial charge >= 0.3 is 0 Å². The van der Waals surface area contributed by atoms with Crippen molar-refractivity contribution >= 4 is 22.6 Å². The third kappa shape index (κ3) is 3.34. The fourth-order valence-corrected chi connectivity index (χ4v) is 3.52. The van der Waals surface area contributed by atoms with Gasteiger partial charge in [0.1, 0.15) is 17.9 Å². The maximum atomic E-state index is 13.5. The Labute approximate surface area is 150 Å². The quantitative estimate of drug-likeness (QED) is 0.734. The highest BCUT2D eigenvalue weighted by Crippen LogP contribution is 2.33. The summed E-state index contributed by atoms with van der Waals surface area (Å²) in [5.41, 5.74) is 2.17. The van der Waals surface area contributed by atoms with E-state index in [-0.39, 0.29) is 6.61 Å².